The van der Waals surface area contributed by atoms with Crippen LogP contribution in [0.5, 0.6) is 5.75 Å². The van der Waals surface area contributed by atoms with Crippen LogP contribution in [0.15, 0.2) is 18.2 Å². The van der Waals surface area contributed by atoms with E-state index < -0.39 is 0 Å². The van der Waals surface area contributed by atoms with Crippen LogP contribution in [-0.4, -0.2) is 12.9 Å². The second-order valence-corrected chi connectivity index (χ2v) is 5.41. The number of hydrogen-bond acceptors (Lipinski definition) is 2. The SMILES string of the molecule is CCCCC(CC)COc1cc(CBr)ccc1C=O. The first kappa shape index (κ1) is 16.2. The van der Waals surface area contributed by atoms with Gasteiger partial charge in [-0.1, -0.05) is 55.1 Å². The fourth-order valence-corrected chi connectivity index (χ4v) is 2.34. The van der Waals surface area contributed by atoms with Crippen LogP contribution in [0.4, 0.5) is 0 Å². The molecule has 0 aliphatic carbocycles. The van der Waals surface area contributed by atoms with Crippen LogP contribution in [0.1, 0.15) is 55.5 Å². The van der Waals surface area contributed by atoms with Gasteiger partial charge in [0.25, 0.3) is 0 Å². The molecule has 2 nitrogen and oxygen atoms in total. The Balaban J connectivity index is 2.66. The van der Waals surface area contributed by atoms with Crippen molar-refractivity contribution in [1.82, 2.24) is 0 Å². The van der Waals surface area contributed by atoms with Gasteiger partial charge in [-0.15, -0.1) is 0 Å². The highest BCUT2D eigenvalue weighted by molar-refractivity contribution is 9.08. The number of halogens is 1. The van der Waals surface area contributed by atoms with Crippen molar-refractivity contribution in [1.29, 1.82) is 0 Å². The Labute approximate surface area is 124 Å². The lowest BCUT2D eigenvalue weighted by Gasteiger charge is -2.17. The zero-order valence-corrected chi connectivity index (χ0v) is 13.4. The molecule has 0 saturated heterocycles. The summed E-state index contributed by atoms with van der Waals surface area (Å²) in [5.41, 5.74) is 1.76. The summed E-state index contributed by atoms with van der Waals surface area (Å²) >= 11 is 3.42. The smallest absolute Gasteiger partial charge is 0.153 e. The first-order chi connectivity index (χ1) is 9.24. The van der Waals surface area contributed by atoms with E-state index in [2.05, 4.69) is 29.8 Å². The topological polar surface area (TPSA) is 26.3 Å². The summed E-state index contributed by atoms with van der Waals surface area (Å²) < 4.78 is 5.87. The third-order valence-electron chi connectivity index (χ3n) is 3.38. The van der Waals surface area contributed by atoms with E-state index in [1.807, 2.05) is 18.2 Å². The Bertz CT molecular complexity index is 390. The van der Waals surface area contributed by atoms with Crippen molar-refractivity contribution in [3.05, 3.63) is 29.3 Å². The van der Waals surface area contributed by atoms with Crippen molar-refractivity contribution < 1.29 is 9.53 Å². The zero-order valence-electron chi connectivity index (χ0n) is 11.8. The molecule has 0 bridgehead atoms. The lowest BCUT2D eigenvalue weighted by atomic mass is 10.0. The summed E-state index contributed by atoms with van der Waals surface area (Å²) in [7, 11) is 0. The van der Waals surface area contributed by atoms with Gasteiger partial charge in [-0.25, -0.2) is 0 Å². The number of benzene rings is 1. The maximum absolute atomic E-state index is 11.0. The summed E-state index contributed by atoms with van der Waals surface area (Å²) in [6, 6.07) is 5.72. The predicted octanol–water partition coefficient (Wildman–Crippen LogP) is 4.99. The van der Waals surface area contributed by atoms with Gasteiger partial charge < -0.3 is 4.74 Å². The summed E-state index contributed by atoms with van der Waals surface area (Å²) in [4.78, 5) is 11.0. The molecule has 1 atom stereocenters. The zero-order chi connectivity index (χ0) is 14.1. The highest BCUT2D eigenvalue weighted by atomic mass is 79.9. The number of carbonyl (C=O) groups is 1. The molecule has 106 valence electrons. The van der Waals surface area contributed by atoms with Crippen LogP contribution in [0.2, 0.25) is 0 Å². The molecule has 3 heteroatoms. The van der Waals surface area contributed by atoms with Gasteiger partial charge in [0.05, 0.1) is 12.2 Å². The van der Waals surface area contributed by atoms with Crippen molar-refractivity contribution in [2.45, 2.75) is 44.9 Å². The fraction of sp³-hybridized carbons (Fsp3) is 0.562. The molecule has 0 aliphatic heterocycles. The Morgan fingerprint density at radius 3 is 2.74 bits per heavy atom. The Morgan fingerprint density at radius 1 is 1.37 bits per heavy atom. The van der Waals surface area contributed by atoms with E-state index >= 15 is 0 Å². The van der Waals surface area contributed by atoms with Crippen LogP contribution in [0.25, 0.3) is 0 Å². The fourth-order valence-electron chi connectivity index (χ4n) is 1.99. The molecule has 0 heterocycles. The van der Waals surface area contributed by atoms with E-state index in [0.29, 0.717) is 23.8 Å². The Hall–Kier alpha value is -0.830. The van der Waals surface area contributed by atoms with E-state index in [1.165, 1.54) is 19.3 Å². The number of unbranched alkanes of at least 4 members (excludes halogenated alkanes) is 1. The summed E-state index contributed by atoms with van der Waals surface area (Å²) in [6.07, 6.45) is 5.63. The first-order valence-corrected chi connectivity index (χ1v) is 8.14. The van der Waals surface area contributed by atoms with Crippen LogP contribution in [0.3, 0.4) is 0 Å². The third-order valence-corrected chi connectivity index (χ3v) is 4.02. The van der Waals surface area contributed by atoms with Crippen molar-refractivity contribution >= 4 is 22.2 Å². The van der Waals surface area contributed by atoms with Crippen LogP contribution < -0.4 is 4.74 Å². The molecule has 0 aromatic heterocycles. The minimum atomic E-state index is 0.576. The van der Waals surface area contributed by atoms with Gasteiger partial charge in [0, 0.05) is 5.33 Å². The number of hydrogen-bond donors (Lipinski definition) is 0. The Kier molecular flexibility index (Phi) is 7.80. The predicted molar refractivity (Wildman–Crippen MR) is 83.3 cm³/mol. The molecule has 1 unspecified atom stereocenters. The summed E-state index contributed by atoms with van der Waals surface area (Å²) in [5.74, 6) is 1.29. The van der Waals surface area contributed by atoms with Crippen molar-refractivity contribution in [3.63, 3.8) is 0 Å². The maximum Gasteiger partial charge on any atom is 0.153 e. The van der Waals surface area contributed by atoms with Gasteiger partial charge in [0.2, 0.25) is 0 Å². The molecule has 0 aliphatic rings. The lowest BCUT2D eigenvalue weighted by molar-refractivity contribution is 0.111. The molecular weight excluding hydrogens is 304 g/mol. The van der Waals surface area contributed by atoms with Gasteiger partial charge >= 0.3 is 0 Å². The average Bonchev–Trinajstić information content (AvgIpc) is 2.47. The van der Waals surface area contributed by atoms with E-state index in [9.17, 15) is 4.79 Å². The van der Waals surface area contributed by atoms with E-state index in [4.69, 9.17) is 4.74 Å². The molecule has 0 N–H and O–H groups in total. The van der Waals surface area contributed by atoms with Gasteiger partial charge in [-0.3, -0.25) is 4.79 Å². The maximum atomic E-state index is 11.0. The molecule has 1 aromatic carbocycles. The summed E-state index contributed by atoms with van der Waals surface area (Å²) in [5, 5.41) is 0.773. The minimum Gasteiger partial charge on any atom is -0.493 e. The van der Waals surface area contributed by atoms with Gasteiger partial charge in [-0.2, -0.15) is 0 Å². The highest BCUT2D eigenvalue weighted by Crippen LogP contribution is 2.22. The van der Waals surface area contributed by atoms with Crippen LogP contribution >= 0.6 is 15.9 Å². The Morgan fingerprint density at radius 2 is 2.16 bits per heavy atom. The molecule has 1 aromatic rings. The highest BCUT2D eigenvalue weighted by Gasteiger charge is 2.09. The second kappa shape index (κ2) is 9.13. The van der Waals surface area contributed by atoms with Gasteiger partial charge in [-0.05, 0) is 30.0 Å². The number of ether oxygens (including phenoxy) is 1. The number of alkyl halides is 1. The normalized spacial score (nSPS) is 12.2. The molecule has 0 spiro atoms. The third kappa shape index (κ3) is 5.35. The average molecular weight is 327 g/mol. The first-order valence-electron chi connectivity index (χ1n) is 7.01. The van der Waals surface area contributed by atoms with Gasteiger partial charge in [0.15, 0.2) is 6.29 Å². The minimum absolute atomic E-state index is 0.576. The molecule has 0 fully saturated rings. The van der Waals surface area contributed by atoms with E-state index in [-0.39, 0.29) is 0 Å². The lowest BCUT2D eigenvalue weighted by Crippen LogP contribution is -2.12. The molecule has 0 amide bonds. The molecule has 19 heavy (non-hydrogen) atoms. The number of aldehydes is 1. The largest absolute Gasteiger partial charge is 0.493 e. The monoisotopic (exact) mass is 326 g/mol. The second-order valence-electron chi connectivity index (χ2n) is 4.85. The molecule has 0 radical (unpaired) electrons. The van der Waals surface area contributed by atoms with Crippen molar-refractivity contribution in [2.24, 2.45) is 5.92 Å². The van der Waals surface area contributed by atoms with E-state index in [0.717, 1.165) is 23.6 Å². The van der Waals surface area contributed by atoms with Crippen molar-refractivity contribution in [3.8, 4) is 5.75 Å². The standard InChI is InChI=1S/C16H23BrO2/c1-3-5-6-13(4-2)12-19-16-9-14(10-17)7-8-15(16)11-18/h7-9,11,13H,3-6,10,12H2,1-2H3. The molecule has 1 rings (SSSR count). The summed E-state index contributed by atoms with van der Waals surface area (Å²) in [6.45, 7) is 5.10. The molecule has 0 saturated carbocycles. The van der Waals surface area contributed by atoms with Gasteiger partial charge in [0.1, 0.15) is 5.75 Å². The quantitative estimate of drug-likeness (QED) is 0.472. The van der Waals surface area contributed by atoms with Crippen LogP contribution in [0, 0.1) is 5.92 Å². The van der Waals surface area contributed by atoms with Crippen LogP contribution in [-0.2, 0) is 5.33 Å². The number of rotatable bonds is 9. The van der Waals surface area contributed by atoms with Crippen molar-refractivity contribution in [2.75, 3.05) is 6.61 Å². The number of carbonyl (C=O) groups excluding carboxylic acids is 1. The van der Waals surface area contributed by atoms with E-state index in [1.54, 1.807) is 0 Å². The molecular formula is C16H23BrO2.